The molecule has 2 aliphatic rings. The van der Waals surface area contributed by atoms with Gasteiger partial charge in [0.1, 0.15) is 0 Å². The summed E-state index contributed by atoms with van der Waals surface area (Å²) >= 11 is 0. The molecule has 0 aromatic heterocycles. The fourth-order valence-electron chi connectivity index (χ4n) is 3.40. The third-order valence-electron chi connectivity index (χ3n) is 4.53. The van der Waals surface area contributed by atoms with Crippen molar-refractivity contribution < 1.29 is 0 Å². The normalized spacial score (nSPS) is 36.6. The second-order valence-corrected chi connectivity index (χ2v) is 5.89. The lowest BCUT2D eigenvalue weighted by Gasteiger charge is -2.35. The van der Waals surface area contributed by atoms with Gasteiger partial charge in [-0.05, 0) is 52.1 Å². The Bertz CT molecular complexity index is 284. The van der Waals surface area contributed by atoms with Crippen LogP contribution in [-0.2, 0) is 0 Å². The molecule has 1 N–H and O–H groups in total. The van der Waals surface area contributed by atoms with E-state index >= 15 is 0 Å². The van der Waals surface area contributed by atoms with Crippen LogP contribution in [0.1, 0.15) is 39.0 Å². The first kappa shape index (κ1) is 12.9. The first-order valence-corrected chi connectivity index (χ1v) is 7.05. The summed E-state index contributed by atoms with van der Waals surface area (Å²) in [6, 6.07) is 3.46. The molecule has 17 heavy (non-hydrogen) atoms. The van der Waals surface area contributed by atoms with Crippen LogP contribution in [0.25, 0.3) is 0 Å². The monoisotopic (exact) mass is 235 g/mol. The van der Waals surface area contributed by atoms with E-state index in [-0.39, 0.29) is 5.92 Å². The third-order valence-corrected chi connectivity index (χ3v) is 4.53. The molecule has 96 valence electrons. The van der Waals surface area contributed by atoms with Crippen LogP contribution < -0.4 is 5.32 Å². The molecule has 0 aromatic rings. The zero-order valence-electron chi connectivity index (χ0n) is 11.2. The van der Waals surface area contributed by atoms with Crippen molar-refractivity contribution in [1.82, 2.24) is 10.2 Å². The SMILES string of the molecule is CC(NC1CCCC1C#N)C1CCCN(C)C1. The van der Waals surface area contributed by atoms with Crippen LogP contribution in [0.4, 0.5) is 0 Å². The molecule has 4 atom stereocenters. The van der Waals surface area contributed by atoms with Gasteiger partial charge in [0.2, 0.25) is 0 Å². The Balaban J connectivity index is 1.83. The van der Waals surface area contributed by atoms with Gasteiger partial charge in [0.25, 0.3) is 0 Å². The van der Waals surface area contributed by atoms with E-state index in [1.165, 1.54) is 38.8 Å². The number of rotatable bonds is 3. The minimum absolute atomic E-state index is 0.249. The van der Waals surface area contributed by atoms with Crippen molar-refractivity contribution in [2.24, 2.45) is 11.8 Å². The molecule has 0 spiro atoms. The smallest absolute Gasteiger partial charge is 0.0672 e. The Morgan fingerprint density at radius 1 is 1.29 bits per heavy atom. The minimum atomic E-state index is 0.249. The quantitative estimate of drug-likeness (QED) is 0.813. The molecule has 1 aliphatic carbocycles. The van der Waals surface area contributed by atoms with E-state index < -0.39 is 0 Å². The van der Waals surface area contributed by atoms with Gasteiger partial charge in [-0.2, -0.15) is 5.26 Å². The van der Waals surface area contributed by atoms with Gasteiger partial charge in [-0.3, -0.25) is 0 Å². The highest BCUT2D eigenvalue weighted by Gasteiger charge is 2.30. The number of hydrogen-bond donors (Lipinski definition) is 1. The summed E-state index contributed by atoms with van der Waals surface area (Å²) in [7, 11) is 2.21. The fourth-order valence-corrected chi connectivity index (χ4v) is 3.40. The lowest BCUT2D eigenvalue weighted by Crippen LogP contribution is -2.47. The summed E-state index contributed by atoms with van der Waals surface area (Å²) in [4.78, 5) is 2.43. The van der Waals surface area contributed by atoms with E-state index in [4.69, 9.17) is 5.26 Å². The van der Waals surface area contributed by atoms with Gasteiger partial charge in [-0.1, -0.05) is 6.42 Å². The predicted octanol–water partition coefficient (Wildman–Crippen LogP) is 2.00. The molecule has 1 heterocycles. The first-order valence-electron chi connectivity index (χ1n) is 7.05. The van der Waals surface area contributed by atoms with Crippen LogP contribution in [0.2, 0.25) is 0 Å². The number of nitrogens with one attached hydrogen (secondary N) is 1. The second-order valence-electron chi connectivity index (χ2n) is 5.89. The molecular formula is C14H25N3. The molecule has 0 amide bonds. The molecule has 3 nitrogen and oxygen atoms in total. The van der Waals surface area contributed by atoms with Gasteiger partial charge in [-0.25, -0.2) is 0 Å². The highest BCUT2D eigenvalue weighted by atomic mass is 15.1. The fraction of sp³-hybridized carbons (Fsp3) is 0.929. The van der Waals surface area contributed by atoms with Crippen molar-refractivity contribution >= 4 is 0 Å². The third kappa shape index (κ3) is 3.20. The summed E-state index contributed by atoms with van der Waals surface area (Å²) in [5.74, 6) is 1.01. The Hall–Kier alpha value is -0.590. The van der Waals surface area contributed by atoms with Crippen LogP contribution in [0.5, 0.6) is 0 Å². The Labute approximate surface area is 105 Å². The molecule has 0 radical (unpaired) electrons. The van der Waals surface area contributed by atoms with E-state index in [9.17, 15) is 0 Å². The van der Waals surface area contributed by atoms with Crippen molar-refractivity contribution in [2.45, 2.75) is 51.1 Å². The molecule has 0 aromatic carbocycles. The highest BCUT2D eigenvalue weighted by Crippen LogP contribution is 2.27. The van der Waals surface area contributed by atoms with Crippen molar-refractivity contribution in [1.29, 1.82) is 5.26 Å². The largest absolute Gasteiger partial charge is 0.310 e. The van der Waals surface area contributed by atoms with Crippen molar-refractivity contribution in [3.05, 3.63) is 0 Å². The standard InChI is InChI=1S/C14H25N3/c1-11(13-6-4-8-17(2)10-13)16-14-7-3-5-12(14)9-15/h11-14,16H,3-8,10H2,1-2H3. The number of nitriles is 1. The van der Waals surface area contributed by atoms with Crippen LogP contribution in [0.15, 0.2) is 0 Å². The maximum atomic E-state index is 9.10. The maximum Gasteiger partial charge on any atom is 0.0672 e. The lowest BCUT2D eigenvalue weighted by molar-refractivity contribution is 0.171. The Morgan fingerprint density at radius 2 is 2.12 bits per heavy atom. The summed E-state index contributed by atoms with van der Waals surface area (Å²) in [5.41, 5.74) is 0. The van der Waals surface area contributed by atoms with Crippen LogP contribution >= 0.6 is 0 Å². The van der Waals surface area contributed by atoms with Gasteiger partial charge in [0, 0.05) is 18.6 Å². The van der Waals surface area contributed by atoms with Crippen molar-refractivity contribution in [3.8, 4) is 6.07 Å². The van der Waals surface area contributed by atoms with E-state index in [1.807, 2.05) is 0 Å². The van der Waals surface area contributed by atoms with Gasteiger partial charge in [0.05, 0.1) is 12.0 Å². The van der Waals surface area contributed by atoms with Crippen LogP contribution in [0.3, 0.4) is 0 Å². The minimum Gasteiger partial charge on any atom is -0.310 e. The lowest BCUT2D eigenvalue weighted by atomic mass is 9.90. The number of nitrogens with zero attached hydrogens (tertiary/aromatic N) is 2. The van der Waals surface area contributed by atoms with E-state index in [0.29, 0.717) is 12.1 Å². The number of piperidine rings is 1. The summed E-state index contributed by atoms with van der Waals surface area (Å²) in [5, 5.41) is 12.8. The molecule has 1 saturated heterocycles. The van der Waals surface area contributed by atoms with Gasteiger partial charge in [0.15, 0.2) is 0 Å². The Kier molecular flexibility index (Phi) is 4.42. The maximum absolute atomic E-state index is 9.10. The second kappa shape index (κ2) is 5.84. The molecule has 3 heteroatoms. The van der Waals surface area contributed by atoms with Crippen LogP contribution in [0, 0.1) is 23.2 Å². The number of likely N-dealkylation sites (tertiary alicyclic amines) is 1. The zero-order chi connectivity index (χ0) is 12.3. The molecule has 2 rings (SSSR count). The first-order chi connectivity index (χ1) is 8.20. The van der Waals surface area contributed by atoms with Gasteiger partial charge < -0.3 is 10.2 Å². The zero-order valence-corrected chi connectivity index (χ0v) is 11.2. The average molecular weight is 235 g/mol. The van der Waals surface area contributed by atoms with Gasteiger partial charge in [-0.15, -0.1) is 0 Å². The molecule has 2 fully saturated rings. The summed E-state index contributed by atoms with van der Waals surface area (Å²) in [6.45, 7) is 4.75. The van der Waals surface area contributed by atoms with E-state index in [1.54, 1.807) is 0 Å². The predicted molar refractivity (Wildman–Crippen MR) is 69.6 cm³/mol. The molecular weight excluding hydrogens is 210 g/mol. The molecule has 0 bridgehead atoms. The molecule has 1 aliphatic heterocycles. The summed E-state index contributed by atoms with van der Waals surface area (Å²) in [6.07, 6.45) is 6.14. The van der Waals surface area contributed by atoms with Crippen molar-refractivity contribution in [3.63, 3.8) is 0 Å². The topological polar surface area (TPSA) is 39.1 Å². The highest BCUT2D eigenvalue weighted by molar-refractivity contribution is 4.98. The molecule has 1 saturated carbocycles. The summed E-state index contributed by atoms with van der Waals surface area (Å²) < 4.78 is 0. The van der Waals surface area contributed by atoms with Crippen molar-refractivity contribution in [2.75, 3.05) is 20.1 Å². The van der Waals surface area contributed by atoms with E-state index in [0.717, 1.165) is 12.3 Å². The average Bonchev–Trinajstić information content (AvgIpc) is 2.76. The van der Waals surface area contributed by atoms with E-state index in [2.05, 4.69) is 30.3 Å². The Morgan fingerprint density at radius 3 is 2.82 bits per heavy atom. The number of hydrogen-bond acceptors (Lipinski definition) is 3. The van der Waals surface area contributed by atoms with Gasteiger partial charge >= 0.3 is 0 Å². The molecule has 4 unspecified atom stereocenters. The van der Waals surface area contributed by atoms with Crippen LogP contribution in [-0.4, -0.2) is 37.1 Å².